The van der Waals surface area contributed by atoms with Crippen molar-refractivity contribution in [2.24, 2.45) is 0 Å². The van der Waals surface area contributed by atoms with Crippen LogP contribution in [-0.4, -0.2) is 31.0 Å². The molecule has 8 heteroatoms. The maximum absolute atomic E-state index is 12.0. The fourth-order valence-corrected chi connectivity index (χ4v) is 2.68. The van der Waals surface area contributed by atoms with Crippen molar-refractivity contribution in [3.05, 3.63) is 53.1 Å². The number of rotatable bonds is 10. The zero-order chi connectivity index (χ0) is 21.9. The van der Waals surface area contributed by atoms with Crippen LogP contribution in [0, 0.1) is 6.92 Å². The van der Waals surface area contributed by atoms with Gasteiger partial charge < -0.3 is 20.1 Å². The lowest BCUT2D eigenvalue weighted by Crippen LogP contribution is -2.21. The van der Waals surface area contributed by atoms with Crippen LogP contribution in [0.3, 0.4) is 0 Å². The molecular formula is C22H25ClN2O5. The number of halogens is 1. The van der Waals surface area contributed by atoms with E-state index in [9.17, 15) is 14.4 Å². The summed E-state index contributed by atoms with van der Waals surface area (Å²) in [5.74, 6) is -0.480. The lowest BCUT2D eigenvalue weighted by molar-refractivity contribution is -0.147. The van der Waals surface area contributed by atoms with Gasteiger partial charge in [-0.25, -0.2) is 0 Å². The van der Waals surface area contributed by atoms with Crippen molar-refractivity contribution >= 4 is 40.8 Å². The number of anilines is 2. The number of hydrogen-bond acceptors (Lipinski definition) is 5. The third-order valence-electron chi connectivity index (χ3n) is 4.05. The minimum absolute atomic E-state index is 0.0420. The Labute approximate surface area is 180 Å². The molecule has 0 saturated heterocycles. The Balaban J connectivity index is 1.63. The average molecular weight is 433 g/mol. The Morgan fingerprint density at radius 3 is 2.27 bits per heavy atom. The van der Waals surface area contributed by atoms with E-state index in [1.165, 1.54) is 0 Å². The Kier molecular flexibility index (Phi) is 9.15. The van der Waals surface area contributed by atoms with Gasteiger partial charge in [-0.05, 0) is 62.2 Å². The molecule has 0 spiro atoms. The summed E-state index contributed by atoms with van der Waals surface area (Å²) in [4.78, 5) is 35.6. The van der Waals surface area contributed by atoms with Crippen molar-refractivity contribution in [2.75, 3.05) is 23.8 Å². The Morgan fingerprint density at radius 1 is 0.933 bits per heavy atom. The topological polar surface area (TPSA) is 93.7 Å². The maximum Gasteiger partial charge on any atom is 0.306 e. The fourth-order valence-electron chi connectivity index (χ4n) is 2.50. The van der Waals surface area contributed by atoms with E-state index in [2.05, 4.69) is 10.6 Å². The molecule has 0 aliphatic heterocycles. The predicted molar refractivity (Wildman–Crippen MR) is 116 cm³/mol. The number of hydrogen-bond donors (Lipinski definition) is 2. The van der Waals surface area contributed by atoms with Crippen molar-refractivity contribution in [2.45, 2.75) is 33.1 Å². The second-order valence-electron chi connectivity index (χ2n) is 6.53. The summed E-state index contributed by atoms with van der Waals surface area (Å²) in [6, 6.07) is 12.2. The first-order chi connectivity index (χ1) is 14.4. The highest BCUT2D eigenvalue weighted by Gasteiger charge is 2.10. The molecule has 2 N–H and O–H groups in total. The Bertz CT molecular complexity index is 884. The third-order valence-corrected chi connectivity index (χ3v) is 4.46. The van der Waals surface area contributed by atoms with Crippen LogP contribution in [0.4, 0.5) is 11.4 Å². The number of carbonyl (C=O) groups excluding carboxylic acids is 3. The van der Waals surface area contributed by atoms with Gasteiger partial charge in [-0.1, -0.05) is 17.7 Å². The highest BCUT2D eigenvalue weighted by Crippen LogP contribution is 2.20. The Hall–Kier alpha value is -3.06. The van der Waals surface area contributed by atoms with Gasteiger partial charge in [-0.15, -0.1) is 0 Å². The minimum atomic E-state index is -0.541. The first-order valence-electron chi connectivity index (χ1n) is 9.61. The molecule has 0 aliphatic rings. The van der Waals surface area contributed by atoms with Crippen molar-refractivity contribution < 1.29 is 23.9 Å². The van der Waals surface area contributed by atoms with Crippen LogP contribution in [0.1, 0.15) is 31.7 Å². The minimum Gasteiger partial charge on any atom is -0.494 e. The molecule has 0 fully saturated rings. The lowest BCUT2D eigenvalue weighted by atomic mass is 10.2. The zero-order valence-electron chi connectivity index (χ0n) is 17.0. The molecule has 0 saturated carbocycles. The molecule has 2 amide bonds. The first-order valence-corrected chi connectivity index (χ1v) is 9.99. The summed E-state index contributed by atoms with van der Waals surface area (Å²) in [5, 5.41) is 5.89. The lowest BCUT2D eigenvalue weighted by Gasteiger charge is -2.08. The molecule has 0 aliphatic carbocycles. The second-order valence-corrected chi connectivity index (χ2v) is 6.94. The van der Waals surface area contributed by atoms with Crippen molar-refractivity contribution in [3.63, 3.8) is 0 Å². The molecular weight excluding hydrogens is 408 g/mol. The van der Waals surface area contributed by atoms with E-state index < -0.39 is 18.5 Å². The van der Waals surface area contributed by atoms with Gasteiger partial charge in [0.15, 0.2) is 6.61 Å². The van der Waals surface area contributed by atoms with E-state index in [-0.39, 0.29) is 18.7 Å². The summed E-state index contributed by atoms with van der Waals surface area (Å²) in [5.41, 5.74) is 2.07. The summed E-state index contributed by atoms with van der Waals surface area (Å²) in [7, 11) is 0. The molecule has 0 aromatic heterocycles. The number of ether oxygens (including phenoxy) is 2. The normalized spacial score (nSPS) is 10.2. The summed E-state index contributed by atoms with van der Waals surface area (Å²) in [6.45, 7) is 3.92. The molecule has 30 heavy (non-hydrogen) atoms. The van der Waals surface area contributed by atoms with E-state index in [4.69, 9.17) is 21.1 Å². The third kappa shape index (κ3) is 8.13. The zero-order valence-corrected chi connectivity index (χ0v) is 17.8. The molecule has 0 bridgehead atoms. The van der Waals surface area contributed by atoms with Gasteiger partial charge in [-0.3, -0.25) is 14.4 Å². The molecule has 2 aromatic rings. The van der Waals surface area contributed by atoms with Crippen molar-refractivity contribution in [1.29, 1.82) is 0 Å². The molecule has 0 heterocycles. The Morgan fingerprint density at radius 2 is 1.60 bits per heavy atom. The van der Waals surface area contributed by atoms with Crippen LogP contribution in [0.25, 0.3) is 0 Å². The largest absolute Gasteiger partial charge is 0.494 e. The van der Waals surface area contributed by atoms with E-state index in [1.807, 2.05) is 13.8 Å². The number of benzene rings is 2. The molecule has 0 unspecified atom stereocenters. The number of carbonyl (C=O) groups is 3. The van der Waals surface area contributed by atoms with Gasteiger partial charge in [0.05, 0.1) is 6.61 Å². The molecule has 2 rings (SSSR count). The van der Waals surface area contributed by atoms with Crippen LogP contribution in [0.5, 0.6) is 5.75 Å². The molecule has 160 valence electrons. The van der Waals surface area contributed by atoms with Gasteiger partial charge in [0.1, 0.15) is 5.75 Å². The van der Waals surface area contributed by atoms with E-state index in [0.29, 0.717) is 29.4 Å². The highest BCUT2D eigenvalue weighted by molar-refractivity contribution is 6.31. The number of esters is 1. The van der Waals surface area contributed by atoms with E-state index in [1.54, 1.807) is 42.5 Å². The number of aryl methyl sites for hydroxylation is 1. The average Bonchev–Trinajstić information content (AvgIpc) is 2.71. The smallest absolute Gasteiger partial charge is 0.306 e. The predicted octanol–water partition coefficient (Wildman–Crippen LogP) is 4.34. The molecule has 2 aromatic carbocycles. The molecule has 7 nitrogen and oxygen atoms in total. The van der Waals surface area contributed by atoms with Gasteiger partial charge in [0.25, 0.3) is 5.91 Å². The monoisotopic (exact) mass is 432 g/mol. The van der Waals surface area contributed by atoms with Crippen LogP contribution in [0.15, 0.2) is 42.5 Å². The van der Waals surface area contributed by atoms with Gasteiger partial charge >= 0.3 is 5.97 Å². The molecule has 0 radical (unpaired) electrons. The molecule has 0 atom stereocenters. The van der Waals surface area contributed by atoms with Gasteiger partial charge in [0.2, 0.25) is 5.91 Å². The summed E-state index contributed by atoms with van der Waals surface area (Å²) < 4.78 is 10.3. The van der Waals surface area contributed by atoms with E-state index >= 15 is 0 Å². The highest BCUT2D eigenvalue weighted by atomic mass is 35.5. The first kappa shape index (κ1) is 23.2. The number of amides is 2. The fraction of sp³-hybridized carbons (Fsp3) is 0.318. The van der Waals surface area contributed by atoms with Crippen LogP contribution in [-0.2, 0) is 19.1 Å². The van der Waals surface area contributed by atoms with Gasteiger partial charge in [-0.2, -0.15) is 0 Å². The van der Waals surface area contributed by atoms with Crippen molar-refractivity contribution in [3.8, 4) is 5.75 Å². The van der Waals surface area contributed by atoms with E-state index in [0.717, 1.165) is 11.3 Å². The maximum atomic E-state index is 12.0. The standard InChI is InChI=1S/C22H25ClN2O5/c1-3-29-18-11-9-16(10-12-18)24-20(26)5-4-6-22(28)30-14-21(27)25-17-8-7-15(2)19(23)13-17/h7-13H,3-6,14H2,1-2H3,(H,24,26)(H,25,27). The van der Waals surface area contributed by atoms with Crippen molar-refractivity contribution in [1.82, 2.24) is 0 Å². The SMILES string of the molecule is CCOc1ccc(NC(=O)CCCC(=O)OCC(=O)Nc2ccc(C)c(Cl)c2)cc1. The summed E-state index contributed by atoms with van der Waals surface area (Å²) in [6.07, 6.45) is 0.521. The number of nitrogens with one attached hydrogen (secondary N) is 2. The van der Waals surface area contributed by atoms with Gasteiger partial charge in [0, 0.05) is 29.2 Å². The van der Waals surface area contributed by atoms with Crippen LogP contribution >= 0.6 is 11.6 Å². The quantitative estimate of drug-likeness (QED) is 0.545. The van der Waals surface area contributed by atoms with Crippen LogP contribution < -0.4 is 15.4 Å². The summed E-state index contributed by atoms with van der Waals surface area (Å²) >= 11 is 6.00. The van der Waals surface area contributed by atoms with Crippen LogP contribution in [0.2, 0.25) is 5.02 Å². The second kappa shape index (κ2) is 11.8.